The van der Waals surface area contributed by atoms with Crippen LogP contribution in [0.2, 0.25) is 0 Å². The van der Waals surface area contributed by atoms with Crippen LogP contribution in [-0.2, 0) is 11.3 Å². The van der Waals surface area contributed by atoms with E-state index < -0.39 is 0 Å². The molecule has 0 saturated carbocycles. The maximum atomic E-state index is 12.8. The first-order chi connectivity index (χ1) is 14.6. The number of nitrogens with one attached hydrogen (secondary N) is 1. The molecule has 0 spiro atoms. The Hall–Kier alpha value is -3.41. The Morgan fingerprint density at radius 1 is 1.00 bits per heavy atom. The highest BCUT2D eigenvalue weighted by Gasteiger charge is 2.28. The van der Waals surface area contributed by atoms with Crippen LogP contribution in [0.3, 0.4) is 0 Å². The third-order valence-corrected chi connectivity index (χ3v) is 5.67. The van der Waals surface area contributed by atoms with Crippen LogP contribution in [0.1, 0.15) is 34.3 Å². The summed E-state index contributed by atoms with van der Waals surface area (Å²) < 4.78 is 1.80. The quantitative estimate of drug-likeness (QED) is 0.707. The molecule has 1 fully saturated rings. The van der Waals surface area contributed by atoms with Crippen LogP contribution in [0.5, 0.6) is 0 Å². The van der Waals surface area contributed by atoms with Crippen LogP contribution < -0.4 is 5.32 Å². The molecule has 0 unspecified atom stereocenters. The fourth-order valence-electron chi connectivity index (χ4n) is 3.88. The molecule has 1 aliphatic heterocycles. The molecule has 1 saturated heterocycles. The summed E-state index contributed by atoms with van der Waals surface area (Å²) in [7, 11) is 0. The Bertz CT molecular complexity index is 1020. The number of carbonyl (C=O) groups is 2. The van der Waals surface area contributed by atoms with E-state index in [-0.39, 0.29) is 17.7 Å². The number of benzene rings is 2. The first-order valence-electron chi connectivity index (χ1n) is 10.3. The Balaban J connectivity index is 1.34. The van der Waals surface area contributed by atoms with Crippen molar-refractivity contribution >= 4 is 17.6 Å². The summed E-state index contributed by atoms with van der Waals surface area (Å²) in [4.78, 5) is 27.5. The number of amides is 2. The zero-order chi connectivity index (χ0) is 20.9. The molecule has 0 atom stereocenters. The minimum Gasteiger partial charge on any atom is -0.339 e. The van der Waals surface area contributed by atoms with E-state index in [1.165, 1.54) is 0 Å². The average Bonchev–Trinajstić information content (AvgIpc) is 3.21. The number of rotatable bonds is 5. The number of hydrogen-bond acceptors (Lipinski definition) is 3. The van der Waals surface area contributed by atoms with E-state index >= 15 is 0 Å². The molecule has 2 aromatic carbocycles. The Kier molecular flexibility index (Phi) is 5.93. The van der Waals surface area contributed by atoms with Crippen LogP contribution >= 0.6 is 0 Å². The van der Waals surface area contributed by atoms with Gasteiger partial charge < -0.3 is 10.2 Å². The van der Waals surface area contributed by atoms with Crippen LogP contribution in [0.15, 0.2) is 66.9 Å². The van der Waals surface area contributed by atoms with Crippen molar-refractivity contribution in [1.29, 1.82) is 0 Å². The number of carbonyl (C=O) groups excluding carboxylic acids is 2. The predicted molar refractivity (Wildman–Crippen MR) is 116 cm³/mol. The summed E-state index contributed by atoms with van der Waals surface area (Å²) in [6, 6.07) is 19.5. The van der Waals surface area contributed by atoms with Gasteiger partial charge >= 0.3 is 0 Å². The smallest absolute Gasteiger partial charge is 0.254 e. The molecule has 0 radical (unpaired) electrons. The first kappa shape index (κ1) is 19.9. The molecule has 3 aromatic rings. The molecule has 1 N–H and O–H groups in total. The van der Waals surface area contributed by atoms with Crippen molar-refractivity contribution in [3.8, 4) is 0 Å². The van der Waals surface area contributed by atoms with E-state index in [1.807, 2.05) is 72.5 Å². The summed E-state index contributed by atoms with van der Waals surface area (Å²) in [5, 5.41) is 7.36. The summed E-state index contributed by atoms with van der Waals surface area (Å²) in [6.07, 6.45) is 3.02. The molecule has 30 heavy (non-hydrogen) atoms. The van der Waals surface area contributed by atoms with Gasteiger partial charge in [-0.05, 0) is 37.0 Å². The largest absolute Gasteiger partial charge is 0.339 e. The van der Waals surface area contributed by atoms with Gasteiger partial charge in [-0.2, -0.15) is 5.10 Å². The highest BCUT2D eigenvalue weighted by Crippen LogP contribution is 2.22. The summed E-state index contributed by atoms with van der Waals surface area (Å²) >= 11 is 0. The van der Waals surface area contributed by atoms with Crippen molar-refractivity contribution < 1.29 is 9.59 Å². The summed E-state index contributed by atoms with van der Waals surface area (Å²) in [5.41, 5.74) is 2.85. The number of aromatic nitrogens is 2. The van der Waals surface area contributed by atoms with E-state index in [2.05, 4.69) is 10.4 Å². The highest BCUT2D eigenvalue weighted by molar-refractivity contribution is 5.96. The molecule has 0 aliphatic carbocycles. The van der Waals surface area contributed by atoms with Crippen LogP contribution in [-0.4, -0.2) is 39.6 Å². The average molecular weight is 402 g/mol. The topological polar surface area (TPSA) is 67.2 Å². The standard InChI is InChI=1S/C24H26N4O2/c1-18-7-5-6-10-21(18)24(30)27-15-12-20(13-16-27)23(29)26-22-11-14-25-28(22)17-19-8-3-2-4-9-19/h2-11,14,20H,12-13,15-17H2,1H3,(H,26,29). The highest BCUT2D eigenvalue weighted by atomic mass is 16.2. The minimum atomic E-state index is -0.106. The predicted octanol–water partition coefficient (Wildman–Crippen LogP) is 3.73. The number of piperidine rings is 1. The molecule has 1 aromatic heterocycles. The van der Waals surface area contributed by atoms with E-state index in [0.717, 1.165) is 16.7 Å². The number of anilines is 1. The van der Waals surface area contributed by atoms with E-state index in [0.29, 0.717) is 38.3 Å². The van der Waals surface area contributed by atoms with Gasteiger partial charge in [0.25, 0.3) is 5.91 Å². The van der Waals surface area contributed by atoms with Crippen molar-refractivity contribution in [2.75, 3.05) is 18.4 Å². The molecule has 6 heteroatoms. The second-order valence-electron chi connectivity index (χ2n) is 7.73. The Morgan fingerprint density at radius 3 is 2.43 bits per heavy atom. The zero-order valence-electron chi connectivity index (χ0n) is 17.1. The second-order valence-corrected chi connectivity index (χ2v) is 7.73. The molecular weight excluding hydrogens is 376 g/mol. The monoisotopic (exact) mass is 402 g/mol. The fourth-order valence-corrected chi connectivity index (χ4v) is 3.88. The van der Waals surface area contributed by atoms with E-state index in [4.69, 9.17) is 0 Å². The van der Waals surface area contributed by atoms with Crippen molar-refractivity contribution in [2.45, 2.75) is 26.3 Å². The molecule has 6 nitrogen and oxygen atoms in total. The summed E-state index contributed by atoms with van der Waals surface area (Å²) in [6.45, 7) is 3.74. The van der Waals surface area contributed by atoms with Crippen LogP contribution in [0.25, 0.3) is 0 Å². The zero-order valence-corrected chi connectivity index (χ0v) is 17.1. The minimum absolute atomic E-state index is 0.00666. The van der Waals surface area contributed by atoms with Crippen LogP contribution in [0, 0.1) is 12.8 Å². The molecule has 1 aliphatic rings. The lowest BCUT2D eigenvalue weighted by atomic mass is 9.95. The van der Waals surface area contributed by atoms with E-state index in [1.54, 1.807) is 10.9 Å². The van der Waals surface area contributed by atoms with Crippen LogP contribution in [0.4, 0.5) is 5.82 Å². The van der Waals surface area contributed by atoms with Gasteiger partial charge in [-0.3, -0.25) is 9.59 Å². The summed E-state index contributed by atoms with van der Waals surface area (Å²) in [5.74, 6) is 0.633. The second kappa shape index (κ2) is 8.95. The molecule has 154 valence electrons. The maximum Gasteiger partial charge on any atom is 0.254 e. The van der Waals surface area contributed by atoms with Crippen molar-refractivity contribution in [2.24, 2.45) is 5.92 Å². The normalized spacial score (nSPS) is 14.5. The molecular formula is C24H26N4O2. The lowest BCUT2D eigenvalue weighted by Crippen LogP contribution is -2.41. The number of aryl methyl sites for hydroxylation is 1. The van der Waals surface area contributed by atoms with Gasteiger partial charge in [0.1, 0.15) is 5.82 Å². The molecule has 4 rings (SSSR count). The molecule has 0 bridgehead atoms. The number of likely N-dealkylation sites (tertiary alicyclic amines) is 1. The van der Waals surface area contributed by atoms with Gasteiger partial charge in [0, 0.05) is 30.6 Å². The molecule has 2 amide bonds. The van der Waals surface area contributed by atoms with Gasteiger partial charge in [0.05, 0.1) is 12.7 Å². The number of nitrogens with zero attached hydrogens (tertiary/aromatic N) is 3. The Morgan fingerprint density at radius 2 is 1.70 bits per heavy atom. The SMILES string of the molecule is Cc1ccccc1C(=O)N1CCC(C(=O)Nc2ccnn2Cc2ccccc2)CC1. The van der Waals surface area contributed by atoms with Crippen molar-refractivity contribution in [3.05, 3.63) is 83.6 Å². The number of hydrogen-bond donors (Lipinski definition) is 1. The van der Waals surface area contributed by atoms with Gasteiger partial charge in [0.15, 0.2) is 0 Å². The first-order valence-corrected chi connectivity index (χ1v) is 10.3. The van der Waals surface area contributed by atoms with Crippen molar-refractivity contribution in [3.63, 3.8) is 0 Å². The van der Waals surface area contributed by atoms with E-state index in [9.17, 15) is 9.59 Å². The van der Waals surface area contributed by atoms with Gasteiger partial charge in [-0.15, -0.1) is 0 Å². The Labute approximate surface area is 176 Å². The lowest BCUT2D eigenvalue weighted by molar-refractivity contribution is -0.121. The fraction of sp³-hybridized carbons (Fsp3) is 0.292. The third kappa shape index (κ3) is 4.43. The van der Waals surface area contributed by atoms with Gasteiger partial charge in [-0.25, -0.2) is 4.68 Å². The molecule has 2 heterocycles. The van der Waals surface area contributed by atoms with Gasteiger partial charge in [-0.1, -0.05) is 48.5 Å². The van der Waals surface area contributed by atoms with Crippen molar-refractivity contribution in [1.82, 2.24) is 14.7 Å². The maximum absolute atomic E-state index is 12.8. The van der Waals surface area contributed by atoms with Gasteiger partial charge in [0.2, 0.25) is 5.91 Å². The third-order valence-electron chi connectivity index (χ3n) is 5.67. The lowest BCUT2D eigenvalue weighted by Gasteiger charge is -2.31.